The van der Waals surface area contributed by atoms with Gasteiger partial charge in [-0.2, -0.15) is 5.10 Å². The summed E-state index contributed by atoms with van der Waals surface area (Å²) < 4.78 is 16.8. The molecule has 132 valence electrons. The van der Waals surface area contributed by atoms with Gasteiger partial charge in [-0.3, -0.25) is 4.79 Å². The summed E-state index contributed by atoms with van der Waals surface area (Å²) in [5, 5.41) is 3.92. The first kappa shape index (κ1) is 18.8. The number of carbonyl (C=O) groups is 1. The lowest BCUT2D eigenvalue weighted by Crippen LogP contribution is -2.24. The lowest BCUT2D eigenvalue weighted by molar-refractivity contribution is -0.123. The zero-order chi connectivity index (χ0) is 18.2. The molecule has 0 aliphatic rings. The predicted molar refractivity (Wildman–Crippen MR) is 99.7 cm³/mol. The van der Waals surface area contributed by atoms with E-state index >= 15 is 0 Å². The number of amides is 1. The highest BCUT2D eigenvalue weighted by atomic mass is 79.9. The van der Waals surface area contributed by atoms with Crippen LogP contribution in [0.3, 0.4) is 0 Å². The highest BCUT2D eigenvalue weighted by Crippen LogP contribution is 2.23. The number of hydrogen-bond donors (Lipinski definition) is 1. The zero-order valence-electron chi connectivity index (χ0n) is 14.2. The normalized spacial score (nSPS) is 10.6. The molecule has 0 spiro atoms. The molecule has 0 fully saturated rings. The summed E-state index contributed by atoms with van der Waals surface area (Å²) in [6, 6.07) is 10.8. The Balaban J connectivity index is 1.89. The molecule has 6 nitrogen and oxygen atoms in total. The Labute approximate surface area is 154 Å². The van der Waals surface area contributed by atoms with Crippen molar-refractivity contribution in [3.63, 3.8) is 0 Å². The summed E-state index contributed by atoms with van der Waals surface area (Å²) in [4.78, 5) is 11.8. The Hall–Kier alpha value is -2.54. The molecule has 0 saturated carbocycles. The van der Waals surface area contributed by atoms with Crippen LogP contribution in [0.5, 0.6) is 17.2 Å². The van der Waals surface area contributed by atoms with E-state index in [2.05, 4.69) is 26.5 Å². The predicted octanol–water partition coefficient (Wildman–Crippen LogP) is 3.30. The number of hydrogen-bond acceptors (Lipinski definition) is 5. The monoisotopic (exact) mass is 406 g/mol. The van der Waals surface area contributed by atoms with E-state index in [-0.39, 0.29) is 12.5 Å². The zero-order valence-corrected chi connectivity index (χ0v) is 15.8. The van der Waals surface area contributed by atoms with Gasteiger partial charge in [0.1, 0.15) is 17.2 Å². The molecule has 0 aliphatic heterocycles. The number of hydrazone groups is 1. The SMILES string of the molecule is COc1ccc(/C=N/NC(=O)COc2ccc(Br)c(C)c2)c(OC)c1. The maximum atomic E-state index is 11.8. The van der Waals surface area contributed by atoms with Crippen molar-refractivity contribution in [2.75, 3.05) is 20.8 Å². The average molecular weight is 407 g/mol. The number of rotatable bonds is 7. The summed E-state index contributed by atoms with van der Waals surface area (Å²) >= 11 is 3.41. The molecule has 1 amide bonds. The van der Waals surface area contributed by atoms with Crippen LogP contribution in [-0.4, -0.2) is 32.9 Å². The second-order valence-corrected chi connectivity index (χ2v) is 5.96. The fraction of sp³-hybridized carbons (Fsp3) is 0.222. The van der Waals surface area contributed by atoms with E-state index in [0.29, 0.717) is 22.8 Å². The quantitative estimate of drug-likeness (QED) is 0.565. The van der Waals surface area contributed by atoms with Gasteiger partial charge in [0, 0.05) is 16.1 Å². The Bertz CT molecular complexity index is 778. The molecule has 0 bridgehead atoms. The van der Waals surface area contributed by atoms with Crippen molar-refractivity contribution in [3.05, 3.63) is 52.0 Å². The number of benzene rings is 2. The highest BCUT2D eigenvalue weighted by Gasteiger charge is 2.05. The molecule has 0 radical (unpaired) electrons. The number of nitrogens with one attached hydrogen (secondary N) is 1. The molecule has 0 aromatic heterocycles. The van der Waals surface area contributed by atoms with Gasteiger partial charge in [-0.05, 0) is 42.8 Å². The first-order valence-corrected chi connectivity index (χ1v) is 8.25. The van der Waals surface area contributed by atoms with E-state index in [1.807, 2.05) is 19.1 Å². The molecule has 2 rings (SSSR count). The second kappa shape index (κ2) is 9.08. The van der Waals surface area contributed by atoms with Crippen LogP contribution in [0.1, 0.15) is 11.1 Å². The fourth-order valence-electron chi connectivity index (χ4n) is 1.99. The van der Waals surface area contributed by atoms with E-state index in [9.17, 15) is 4.79 Å². The Morgan fingerprint density at radius 2 is 1.92 bits per heavy atom. The summed E-state index contributed by atoms with van der Waals surface area (Å²) in [5.41, 5.74) is 4.16. The maximum absolute atomic E-state index is 11.8. The van der Waals surface area contributed by atoms with Gasteiger partial charge < -0.3 is 14.2 Å². The number of ether oxygens (including phenoxy) is 3. The van der Waals surface area contributed by atoms with Crippen molar-refractivity contribution in [2.45, 2.75) is 6.92 Å². The lowest BCUT2D eigenvalue weighted by Gasteiger charge is -2.08. The van der Waals surface area contributed by atoms with E-state index < -0.39 is 0 Å². The average Bonchev–Trinajstić information content (AvgIpc) is 2.62. The standard InChI is InChI=1S/C18H19BrN2O4/c1-12-8-15(6-7-16(12)19)25-11-18(22)21-20-10-13-4-5-14(23-2)9-17(13)24-3/h4-10H,11H2,1-3H3,(H,21,22)/b20-10+. The maximum Gasteiger partial charge on any atom is 0.277 e. The van der Waals surface area contributed by atoms with Crippen molar-refractivity contribution >= 4 is 28.1 Å². The number of halogens is 1. The van der Waals surface area contributed by atoms with Crippen LogP contribution in [-0.2, 0) is 4.79 Å². The third kappa shape index (κ3) is 5.49. The van der Waals surface area contributed by atoms with Gasteiger partial charge in [-0.25, -0.2) is 5.43 Å². The van der Waals surface area contributed by atoms with Gasteiger partial charge in [-0.1, -0.05) is 15.9 Å². The van der Waals surface area contributed by atoms with Crippen LogP contribution in [0.4, 0.5) is 0 Å². The molecular weight excluding hydrogens is 388 g/mol. The summed E-state index contributed by atoms with van der Waals surface area (Å²) in [5.74, 6) is 1.54. The van der Waals surface area contributed by atoms with Gasteiger partial charge in [0.25, 0.3) is 5.91 Å². The third-order valence-electron chi connectivity index (χ3n) is 3.33. The molecule has 2 aromatic rings. The molecule has 2 aromatic carbocycles. The Morgan fingerprint density at radius 1 is 1.16 bits per heavy atom. The third-order valence-corrected chi connectivity index (χ3v) is 4.22. The number of aryl methyl sites for hydroxylation is 1. The molecule has 25 heavy (non-hydrogen) atoms. The highest BCUT2D eigenvalue weighted by molar-refractivity contribution is 9.10. The molecular formula is C18H19BrN2O4. The minimum absolute atomic E-state index is 0.127. The Kier molecular flexibility index (Phi) is 6.82. The van der Waals surface area contributed by atoms with Crippen molar-refractivity contribution in [1.82, 2.24) is 5.43 Å². The van der Waals surface area contributed by atoms with Crippen molar-refractivity contribution < 1.29 is 19.0 Å². The van der Waals surface area contributed by atoms with Crippen LogP contribution in [0.25, 0.3) is 0 Å². The van der Waals surface area contributed by atoms with Gasteiger partial charge in [0.05, 0.1) is 20.4 Å². The molecule has 0 unspecified atom stereocenters. The lowest BCUT2D eigenvalue weighted by atomic mass is 10.2. The smallest absolute Gasteiger partial charge is 0.277 e. The molecule has 0 heterocycles. The van der Waals surface area contributed by atoms with Crippen LogP contribution in [0, 0.1) is 6.92 Å². The van der Waals surface area contributed by atoms with E-state index in [1.165, 1.54) is 6.21 Å². The number of methoxy groups -OCH3 is 2. The van der Waals surface area contributed by atoms with Crippen LogP contribution in [0.15, 0.2) is 46.0 Å². The molecule has 0 saturated heterocycles. The van der Waals surface area contributed by atoms with Gasteiger partial charge in [0.15, 0.2) is 6.61 Å². The van der Waals surface area contributed by atoms with E-state index in [4.69, 9.17) is 14.2 Å². The summed E-state index contributed by atoms with van der Waals surface area (Å²) in [6.07, 6.45) is 1.50. The molecule has 0 aliphatic carbocycles. The van der Waals surface area contributed by atoms with Gasteiger partial charge in [-0.15, -0.1) is 0 Å². The van der Waals surface area contributed by atoms with Gasteiger partial charge >= 0.3 is 0 Å². The second-order valence-electron chi connectivity index (χ2n) is 5.10. The first-order chi connectivity index (χ1) is 12.0. The van der Waals surface area contributed by atoms with Crippen LogP contribution in [0.2, 0.25) is 0 Å². The van der Waals surface area contributed by atoms with E-state index in [1.54, 1.807) is 38.5 Å². The van der Waals surface area contributed by atoms with Crippen molar-refractivity contribution in [1.29, 1.82) is 0 Å². The fourth-order valence-corrected chi connectivity index (χ4v) is 2.23. The summed E-state index contributed by atoms with van der Waals surface area (Å²) in [6.45, 7) is 1.82. The van der Waals surface area contributed by atoms with E-state index in [0.717, 1.165) is 10.0 Å². The number of nitrogens with zero attached hydrogens (tertiary/aromatic N) is 1. The van der Waals surface area contributed by atoms with Crippen LogP contribution >= 0.6 is 15.9 Å². The largest absolute Gasteiger partial charge is 0.497 e. The molecule has 7 heteroatoms. The summed E-state index contributed by atoms with van der Waals surface area (Å²) in [7, 11) is 3.13. The van der Waals surface area contributed by atoms with Crippen molar-refractivity contribution in [2.24, 2.45) is 5.10 Å². The number of carbonyl (C=O) groups excluding carboxylic acids is 1. The Morgan fingerprint density at radius 3 is 2.60 bits per heavy atom. The minimum Gasteiger partial charge on any atom is -0.497 e. The minimum atomic E-state index is -0.357. The topological polar surface area (TPSA) is 69.2 Å². The van der Waals surface area contributed by atoms with Gasteiger partial charge in [0.2, 0.25) is 0 Å². The first-order valence-electron chi connectivity index (χ1n) is 7.46. The van der Waals surface area contributed by atoms with Crippen LogP contribution < -0.4 is 19.6 Å². The molecule has 1 N–H and O–H groups in total. The van der Waals surface area contributed by atoms with Crippen molar-refractivity contribution in [3.8, 4) is 17.2 Å². The molecule has 0 atom stereocenters.